The van der Waals surface area contributed by atoms with Crippen molar-refractivity contribution in [3.05, 3.63) is 28.5 Å². The molecule has 0 atom stereocenters. The molecule has 2 nitrogen and oxygen atoms in total. The zero-order chi connectivity index (χ0) is 12.3. The van der Waals surface area contributed by atoms with E-state index in [1.54, 1.807) is 0 Å². The van der Waals surface area contributed by atoms with Gasteiger partial charge in [0.05, 0.1) is 0 Å². The van der Waals surface area contributed by atoms with E-state index in [1.807, 2.05) is 6.20 Å². The highest BCUT2D eigenvalue weighted by atomic mass is 79.9. The molecule has 0 radical (unpaired) electrons. The van der Waals surface area contributed by atoms with Crippen LogP contribution in [0, 0.1) is 5.92 Å². The summed E-state index contributed by atoms with van der Waals surface area (Å²) in [5.74, 6) is 1.43. The monoisotopic (exact) mass is 296 g/mol. The SMILES string of the molecule is CC(C)CN1CCC(c2ccc(Br)cn2)CC1. The number of nitrogens with zero attached hydrogens (tertiary/aromatic N) is 2. The highest BCUT2D eigenvalue weighted by Gasteiger charge is 2.21. The third-order valence-corrected chi connectivity index (χ3v) is 3.85. The third-order valence-electron chi connectivity index (χ3n) is 3.38. The van der Waals surface area contributed by atoms with Gasteiger partial charge in [0.2, 0.25) is 0 Å². The summed E-state index contributed by atoms with van der Waals surface area (Å²) in [4.78, 5) is 7.11. The van der Waals surface area contributed by atoms with Gasteiger partial charge in [-0.15, -0.1) is 0 Å². The molecule has 0 unspecified atom stereocenters. The molecular weight excluding hydrogens is 276 g/mol. The Bertz CT molecular complexity index is 340. The van der Waals surface area contributed by atoms with Gasteiger partial charge in [0.1, 0.15) is 0 Å². The molecule has 1 aromatic rings. The molecule has 0 amide bonds. The van der Waals surface area contributed by atoms with Crippen LogP contribution in [-0.4, -0.2) is 29.5 Å². The lowest BCUT2D eigenvalue weighted by molar-refractivity contribution is 0.191. The largest absolute Gasteiger partial charge is 0.303 e. The highest BCUT2D eigenvalue weighted by molar-refractivity contribution is 9.10. The molecule has 0 spiro atoms. The maximum Gasteiger partial charge on any atom is 0.0436 e. The Kier molecular flexibility index (Phi) is 4.57. The fraction of sp³-hybridized carbons (Fsp3) is 0.643. The topological polar surface area (TPSA) is 16.1 Å². The lowest BCUT2D eigenvalue weighted by Gasteiger charge is -2.32. The van der Waals surface area contributed by atoms with Crippen molar-refractivity contribution in [3.8, 4) is 0 Å². The van der Waals surface area contributed by atoms with E-state index in [-0.39, 0.29) is 0 Å². The summed E-state index contributed by atoms with van der Waals surface area (Å²) >= 11 is 3.44. The van der Waals surface area contributed by atoms with Gasteiger partial charge in [0, 0.05) is 28.8 Å². The molecule has 0 bridgehead atoms. The molecule has 17 heavy (non-hydrogen) atoms. The summed E-state index contributed by atoms with van der Waals surface area (Å²) in [5.41, 5.74) is 1.26. The van der Waals surface area contributed by atoms with Gasteiger partial charge in [-0.3, -0.25) is 4.98 Å². The second-order valence-corrected chi connectivity index (χ2v) is 6.29. The first-order chi connectivity index (χ1) is 8.15. The molecule has 1 aliphatic heterocycles. The molecule has 94 valence electrons. The lowest BCUT2D eigenvalue weighted by Crippen LogP contribution is -2.35. The van der Waals surface area contributed by atoms with Crippen molar-refractivity contribution in [3.63, 3.8) is 0 Å². The Hall–Kier alpha value is -0.410. The summed E-state index contributed by atoms with van der Waals surface area (Å²) in [7, 11) is 0. The molecule has 1 aromatic heterocycles. The van der Waals surface area contributed by atoms with Crippen molar-refractivity contribution in [2.75, 3.05) is 19.6 Å². The molecule has 1 fully saturated rings. The fourth-order valence-corrected chi connectivity index (χ4v) is 2.79. The van der Waals surface area contributed by atoms with Gasteiger partial charge in [0.15, 0.2) is 0 Å². The van der Waals surface area contributed by atoms with Crippen molar-refractivity contribution in [2.45, 2.75) is 32.6 Å². The van der Waals surface area contributed by atoms with Gasteiger partial charge in [-0.1, -0.05) is 13.8 Å². The minimum absolute atomic E-state index is 0.659. The second kappa shape index (κ2) is 5.96. The molecule has 1 aliphatic rings. The van der Waals surface area contributed by atoms with Crippen LogP contribution in [-0.2, 0) is 0 Å². The molecule has 2 rings (SSSR count). The summed E-state index contributed by atoms with van der Waals surface area (Å²) in [6.45, 7) is 8.27. The number of rotatable bonds is 3. The number of pyridine rings is 1. The third kappa shape index (κ3) is 3.78. The van der Waals surface area contributed by atoms with Crippen LogP contribution in [0.5, 0.6) is 0 Å². The number of hydrogen-bond acceptors (Lipinski definition) is 2. The molecule has 0 N–H and O–H groups in total. The summed E-state index contributed by atoms with van der Waals surface area (Å²) in [5, 5.41) is 0. The molecule has 2 heterocycles. The molecule has 0 aliphatic carbocycles. The molecule has 0 saturated carbocycles. The van der Waals surface area contributed by atoms with Gasteiger partial charge in [0.25, 0.3) is 0 Å². The smallest absolute Gasteiger partial charge is 0.0436 e. The van der Waals surface area contributed by atoms with Crippen molar-refractivity contribution < 1.29 is 0 Å². The number of aromatic nitrogens is 1. The van der Waals surface area contributed by atoms with Crippen LogP contribution in [0.25, 0.3) is 0 Å². The van der Waals surface area contributed by atoms with E-state index in [0.29, 0.717) is 5.92 Å². The fourth-order valence-electron chi connectivity index (χ4n) is 2.56. The van der Waals surface area contributed by atoms with E-state index in [1.165, 1.54) is 38.2 Å². The minimum atomic E-state index is 0.659. The average Bonchev–Trinajstić information content (AvgIpc) is 2.30. The summed E-state index contributed by atoms with van der Waals surface area (Å²) < 4.78 is 1.07. The van der Waals surface area contributed by atoms with Crippen molar-refractivity contribution in [1.82, 2.24) is 9.88 Å². The van der Waals surface area contributed by atoms with Crippen molar-refractivity contribution >= 4 is 15.9 Å². The second-order valence-electron chi connectivity index (χ2n) is 5.37. The Morgan fingerprint density at radius 2 is 2.06 bits per heavy atom. The van der Waals surface area contributed by atoms with E-state index < -0.39 is 0 Å². The van der Waals surface area contributed by atoms with Gasteiger partial charge in [-0.05, 0) is 59.9 Å². The van der Waals surface area contributed by atoms with Gasteiger partial charge in [-0.25, -0.2) is 0 Å². The first-order valence-corrected chi connectivity index (χ1v) is 7.28. The van der Waals surface area contributed by atoms with Crippen LogP contribution in [0.1, 0.15) is 38.3 Å². The molecule has 1 saturated heterocycles. The van der Waals surface area contributed by atoms with Gasteiger partial charge in [-0.2, -0.15) is 0 Å². The zero-order valence-electron chi connectivity index (χ0n) is 10.7. The Labute approximate surface area is 113 Å². The van der Waals surface area contributed by atoms with Gasteiger partial charge >= 0.3 is 0 Å². The van der Waals surface area contributed by atoms with Crippen molar-refractivity contribution in [2.24, 2.45) is 5.92 Å². The maximum atomic E-state index is 4.52. The minimum Gasteiger partial charge on any atom is -0.303 e. The zero-order valence-corrected chi connectivity index (χ0v) is 12.3. The first kappa shape index (κ1) is 13.0. The lowest BCUT2D eigenvalue weighted by atomic mass is 9.92. The maximum absolute atomic E-state index is 4.52. The molecule has 3 heteroatoms. The highest BCUT2D eigenvalue weighted by Crippen LogP contribution is 2.27. The quantitative estimate of drug-likeness (QED) is 0.846. The van der Waals surface area contributed by atoms with Crippen LogP contribution >= 0.6 is 15.9 Å². The number of hydrogen-bond donors (Lipinski definition) is 0. The summed E-state index contributed by atoms with van der Waals surface area (Å²) in [6, 6.07) is 4.26. The van der Waals surface area contributed by atoms with E-state index in [2.05, 4.69) is 51.8 Å². The predicted molar refractivity (Wildman–Crippen MR) is 75.2 cm³/mol. The molecule has 0 aromatic carbocycles. The Balaban J connectivity index is 1.88. The van der Waals surface area contributed by atoms with Crippen LogP contribution < -0.4 is 0 Å². The standard InChI is InChI=1S/C14H21BrN2/c1-11(2)10-17-7-5-12(6-8-17)14-4-3-13(15)9-16-14/h3-4,9,11-12H,5-8,10H2,1-2H3. The van der Waals surface area contributed by atoms with Gasteiger partial charge < -0.3 is 4.90 Å². The number of likely N-dealkylation sites (tertiary alicyclic amines) is 1. The van der Waals surface area contributed by atoms with Crippen LogP contribution in [0.15, 0.2) is 22.8 Å². The van der Waals surface area contributed by atoms with Crippen molar-refractivity contribution in [1.29, 1.82) is 0 Å². The normalized spacial score (nSPS) is 18.8. The summed E-state index contributed by atoms with van der Waals surface area (Å²) in [6.07, 6.45) is 4.42. The number of halogens is 1. The predicted octanol–water partition coefficient (Wildman–Crippen LogP) is 3.68. The Morgan fingerprint density at radius 1 is 1.35 bits per heavy atom. The van der Waals surface area contributed by atoms with Crippen LogP contribution in [0.3, 0.4) is 0 Å². The Morgan fingerprint density at radius 3 is 2.59 bits per heavy atom. The van der Waals surface area contributed by atoms with E-state index in [9.17, 15) is 0 Å². The van der Waals surface area contributed by atoms with Crippen LogP contribution in [0.2, 0.25) is 0 Å². The van der Waals surface area contributed by atoms with E-state index in [0.717, 1.165) is 10.4 Å². The molecular formula is C14H21BrN2. The average molecular weight is 297 g/mol. The van der Waals surface area contributed by atoms with E-state index in [4.69, 9.17) is 0 Å². The number of piperidine rings is 1. The van der Waals surface area contributed by atoms with E-state index >= 15 is 0 Å². The van der Waals surface area contributed by atoms with Crippen LogP contribution in [0.4, 0.5) is 0 Å². The first-order valence-electron chi connectivity index (χ1n) is 6.49.